The van der Waals surface area contributed by atoms with Gasteiger partial charge in [0, 0.05) is 6.04 Å². The zero-order chi connectivity index (χ0) is 12.5. The smallest absolute Gasteiger partial charge is 0.265 e. The van der Waals surface area contributed by atoms with Crippen LogP contribution in [0.2, 0.25) is 0 Å². The van der Waals surface area contributed by atoms with Crippen molar-refractivity contribution in [3.05, 3.63) is 23.8 Å². The molecule has 2 N–H and O–H groups in total. The molecule has 4 nitrogen and oxygen atoms in total. The second-order valence-electron chi connectivity index (χ2n) is 5.08. The normalized spacial score (nSPS) is 26.4. The molecule has 1 aromatic rings. The van der Waals surface area contributed by atoms with Crippen molar-refractivity contribution in [2.75, 3.05) is 11.9 Å². The van der Waals surface area contributed by atoms with Crippen molar-refractivity contribution in [3.63, 3.8) is 0 Å². The lowest BCUT2D eigenvalue weighted by atomic mass is 10.0. The first-order chi connectivity index (χ1) is 8.72. The summed E-state index contributed by atoms with van der Waals surface area (Å²) in [5.74, 6) is 0.698. The summed E-state index contributed by atoms with van der Waals surface area (Å²) in [6.07, 6.45) is 3.10. The van der Waals surface area contributed by atoms with Crippen molar-refractivity contribution in [1.82, 2.24) is 5.32 Å². The molecular formula is C14H18N2O2. The molecule has 0 radical (unpaired) electrons. The van der Waals surface area contributed by atoms with Gasteiger partial charge in [-0.25, -0.2) is 0 Å². The Hall–Kier alpha value is -1.55. The Morgan fingerprint density at radius 1 is 1.44 bits per heavy atom. The summed E-state index contributed by atoms with van der Waals surface area (Å²) in [5.41, 5.74) is 2.04. The predicted octanol–water partition coefficient (Wildman–Crippen LogP) is 1.70. The Morgan fingerprint density at radius 3 is 3.11 bits per heavy atom. The molecule has 1 fully saturated rings. The molecule has 0 spiro atoms. The highest BCUT2D eigenvalue weighted by atomic mass is 16.5. The molecule has 0 saturated carbocycles. The minimum atomic E-state index is -0.403. The van der Waals surface area contributed by atoms with E-state index < -0.39 is 6.10 Å². The van der Waals surface area contributed by atoms with E-state index in [2.05, 4.69) is 16.7 Å². The van der Waals surface area contributed by atoms with Crippen molar-refractivity contribution in [2.45, 2.75) is 38.3 Å². The fourth-order valence-electron chi connectivity index (χ4n) is 2.60. The van der Waals surface area contributed by atoms with Crippen LogP contribution in [0.1, 0.15) is 25.3 Å². The number of hydrogen-bond acceptors (Lipinski definition) is 3. The monoisotopic (exact) mass is 246 g/mol. The summed E-state index contributed by atoms with van der Waals surface area (Å²) in [6.45, 7) is 2.88. The van der Waals surface area contributed by atoms with Gasteiger partial charge < -0.3 is 15.4 Å². The Balaban J connectivity index is 1.78. The van der Waals surface area contributed by atoms with Crippen LogP contribution in [-0.2, 0) is 11.2 Å². The SMILES string of the molecule is CC1Oc2ccc(CC3CCCN3)cc2NC1=O. The highest BCUT2D eigenvalue weighted by molar-refractivity contribution is 5.97. The maximum Gasteiger partial charge on any atom is 0.265 e. The highest BCUT2D eigenvalue weighted by Gasteiger charge is 2.24. The van der Waals surface area contributed by atoms with E-state index in [0.717, 1.165) is 24.4 Å². The van der Waals surface area contributed by atoms with Gasteiger partial charge in [-0.2, -0.15) is 0 Å². The van der Waals surface area contributed by atoms with Gasteiger partial charge in [-0.3, -0.25) is 4.79 Å². The Morgan fingerprint density at radius 2 is 2.33 bits per heavy atom. The first kappa shape index (κ1) is 11.5. The van der Waals surface area contributed by atoms with Crippen LogP contribution in [0.15, 0.2) is 18.2 Å². The van der Waals surface area contributed by atoms with Crippen LogP contribution in [0.4, 0.5) is 5.69 Å². The molecule has 2 heterocycles. The molecule has 96 valence electrons. The Labute approximate surface area is 107 Å². The number of ether oxygens (including phenoxy) is 1. The van der Waals surface area contributed by atoms with E-state index in [9.17, 15) is 4.79 Å². The molecule has 4 heteroatoms. The third kappa shape index (κ3) is 2.20. The van der Waals surface area contributed by atoms with Gasteiger partial charge in [-0.15, -0.1) is 0 Å². The van der Waals surface area contributed by atoms with Gasteiger partial charge in [-0.05, 0) is 50.4 Å². The average Bonchev–Trinajstić information content (AvgIpc) is 2.84. The maximum atomic E-state index is 11.6. The number of carbonyl (C=O) groups is 1. The second-order valence-corrected chi connectivity index (χ2v) is 5.08. The van der Waals surface area contributed by atoms with Crippen LogP contribution in [-0.4, -0.2) is 24.6 Å². The molecule has 18 heavy (non-hydrogen) atoms. The topological polar surface area (TPSA) is 50.4 Å². The summed E-state index contributed by atoms with van der Waals surface area (Å²) in [4.78, 5) is 11.6. The summed E-state index contributed by atoms with van der Waals surface area (Å²) in [5, 5.41) is 6.37. The molecule has 2 unspecified atom stereocenters. The van der Waals surface area contributed by atoms with Crippen LogP contribution in [0.5, 0.6) is 5.75 Å². The van der Waals surface area contributed by atoms with Gasteiger partial charge in [0.15, 0.2) is 6.10 Å². The minimum Gasteiger partial charge on any atom is -0.479 e. The second kappa shape index (κ2) is 4.61. The molecule has 0 aliphatic carbocycles. The molecule has 3 rings (SSSR count). The first-order valence-corrected chi connectivity index (χ1v) is 6.56. The third-order valence-corrected chi connectivity index (χ3v) is 3.62. The number of anilines is 1. The van der Waals surface area contributed by atoms with Crippen LogP contribution >= 0.6 is 0 Å². The first-order valence-electron chi connectivity index (χ1n) is 6.56. The summed E-state index contributed by atoms with van der Waals surface area (Å²) >= 11 is 0. The quantitative estimate of drug-likeness (QED) is 0.835. The lowest BCUT2D eigenvalue weighted by Crippen LogP contribution is -2.34. The minimum absolute atomic E-state index is 0.0707. The lowest BCUT2D eigenvalue weighted by Gasteiger charge is -2.24. The Kier molecular flexibility index (Phi) is 2.96. The molecule has 1 aromatic carbocycles. The Bertz CT molecular complexity index is 467. The van der Waals surface area contributed by atoms with Crippen molar-refractivity contribution in [2.24, 2.45) is 0 Å². The van der Waals surface area contributed by atoms with E-state index >= 15 is 0 Å². The van der Waals surface area contributed by atoms with Gasteiger partial charge in [0.1, 0.15) is 5.75 Å². The molecule has 2 atom stereocenters. The summed E-state index contributed by atoms with van der Waals surface area (Å²) < 4.78 is 5.54. The molecule has 2 aliphatic rings. The van der Waals surface area contributed by atoms with E-state index in [1.54, 1.807) is 6.92 Å². The lowest BCUT2D eigenvalue weighted by molar-refractivity contribution is -0.122. The molecule has 0 bridgehead atoms. The van der Waals surface area contributed by atoms with Gasteiger partial charge in [-0.1, -0.05) is 6.07 Å². The molecule has 2 aliphatic heterocycles. The van der Waals surface area contributed by atoms with Gasteiger partial charge in [0.25, 0.3) is 5.91 Å². The number of benzene rings is 1. The fraction of sp³-hybridized carbons (Fsp3) is 0.500. The van der Waals surface area contributed by atoms with Crippen LogP contribution < -0.4 is 15.4 Å². The van der Waals surface area contributed by atoms with E-state index in [4.69, 9.17) is 4.74 Å². The number of carbonyl (C=O) groups excluding carboxylic acids is 1. The zero-order valence-electron chi connectivity index (χ0n) is 10.5. The van der Waals surface area contributed by atoms with Crippen LogP contribution in [0.25, 0.3) is 0 Å². The highest BCUT2D eigenvalue weighted by Crippen LogP contribution is 2.31. The molecule has 0 aromatic heterocycles. The fourth-order valence-corrected chi connectivity index (χ4v) is 2.60. The number of nitrogens with one attached hydrogen (secondary N) is 2. The number of rotatable bonds is 2. The standard InChI is InChI=1S/C14H18N2O2/c1-9-14(17)16-12-8-10(4-5-13(12)18-9)7-11-3-2-6-15-11/h4-5,8-9,11,15H,2-3,6-7H2,1H3,(H,16,17). The van der Waals surface area contributed by atoms with Crippen molar-refractivity contribution >= 4 is 11.6 Å². The van der Waals surface area contributed by atoms with Crippen LogP contribution in [0, 0.1) is 0 Å². The molecule has 1 saturated heterocycles. The van der Waals surface area contributed by atoms with Crippen molar-refractivity contribution < 1.29 is 9.53 Å². The van der Waals surface area contributed by atoms with E-state index in [-0.39, 0.29) is 5.91 Å². The van der Waals surface area contributed by atoms with E-state index in [0.29, 0.717) is 6.04 Å². The van der Waals surface area contributed by atoms with E-state index in [1.807, 2.05) is 12.1 Å². The number of hydrogen-bond donors (Lipinski definition) is 2. The summed E-state index contributed by atoms with van der Waals surface area (Å²) in [6, 6.07) is 6.64. The average molecular weight is 246 g/mol. The zero-order valence-corrected chi connectivity index (χ0v) is 10.5. The van der Waals surface area contributed by atoms with Gasteiger partial charge in [0.2, 0.25) is 0 Å². The van der Waals surface area contributed by atoms with E-state index in [1.165, 1.54) is 18.4 Å². The number of amides is 1. The van der Waals surface area contributed by atoms with Crippen LogP contribution in [0.3, 0.4) is 0 Å². The summed E-state index contributed by atoms with van der Waals surface area (Å²) in [7, 11) is 0. The largest absolute Gasteiger partial charge is 0.479 e. The van der Waals surface area contributed by atoms with Crippen molar-refractivity contribution in [1.29, 1.82) is 0 Å². The molecular weight excluding hydrogens is 228 g/mol. The van der Waals surface area contributed by atoms with Gasteiger partial charge >= 0.3 is 0 Å². The van der Waals surface area contributed by atoms with Gasteiger partial charge in [0.05, 0.1) is 5.69 Å². The number of fused-ring (bicyclic) bond motifs is 1. The predicted molar refractivity (Wildman–Crippen MR) is 69.9 cm³/mol. The van der Waals surface area contributed by atoms with Crippen molar-refractivity contribution in [3.8, 4) is 5.75 Å². The molecule has 1 amide bonds. The maximum absolute atomic E-state index is 11.6. The third-order valence-electron chi connectivity index (χ3n) is 3.62.